The third-order valence-corrected chi connectivity index (χ3v) is 9.62. The molecule has 10 nitrogen and oxygen atoms in total. The van der Waals surface area contributed by atoms with Crippen molar-refractivity contribution in [2.75, 3.05) is 37.7 Å². The summed E-state index contributed by atoms with van der Waals surface area (Å²) in [5.74, 6) is -1.07. The molecule has 5 aliphatic rings. The van der Waals surface area contributed by atoms with Crippen LogP contribution in [0.15, 0.2) is 18.2 Å². The summed E-state index contributed by atoms with van der Waals surface area (Å²) < 4.78 is 26.4. The van der Waals surface area contributed by atoms with Crippen LogP contribution in [0.4, 0.5) is 14.9 Å². The van der Waals surface area contributed by atoms with Gasteiger partial charge in [-0.2, -0.15) is 0 Å². The van der Waals surface area contributed by atoms with E-state index in [1.54, 1.807) is 26.8 Å². The van der Waals surface area contributed by atoms with Gasteiger partial charge in [0.1, 0.15) is 23.5 Å². The van der Waals surface area contributed by atoms with E-state index in [1.807, 2.05) is 6.07 Å². The second-order valence-corrected chi connectivity index (χ2v) is 13.5. The number of carbonyl (C=O) groups excluding carboxylic acids is 3. The van der Waals surface area contributed by atoms with E-state index in [0.717, 1.165) is 64.2 Å². The molecule has 4 unspecified atom stereocenters. The minimum Gasteiger partial charge on any atom is -0.444 e. The summed E-state index contributed by atoms with van der Waals surface area (Å²) in [6.45, 7) is 9.85. The zero-order valence-corrected chi connectivity index (χ0v) is 24.2. The van der Waals surface area contributed by atoms with Crippen LogP contribution in [0.3, 0.4) is 0 Å². The average molecular weight is 572 g/mol. The highest BCUT2D eigenvalue weighted by Gasteiger charge is 2.53. The summed E-state index contributed by atoms with van der Waals surface area (Å²) in [7, 11) is 0. The highest BCUT2D eigenvalue weighted by Crippen LogP contribution is 2.43. The van der Waals surface area contributed by atoms with Crippen LogP contribution in [0.5, 0.6) is 0 Å². The summed E-state index contributed by atoms with van der Waals surface area (Å²) in [5.41, 5.74) is 6.12. The van der Waals surface area contributed by atoms with Crippen LogP contribution in [0.25, 0.3) is 0 Å². The highest BCUT2D eigenvalue weighted by atomic mass is 19.1. The molecule has 224 valence electrons. The smallest absolute Gasteiger partial charge is 0.411 e. The van der Waals surface area contributed by atoms with E-state index in [4.69, 9.17) is 15.2 Å². The lowest BCUT2D eigenvalue weighted by Gasteiger charge is -2.36. The topological polar surface area (TPSA) is 117 Å². The Morgan fingerprint density at radius 3 is 2.56 bits per heavy atom. The van der Waals surface area contributed by atoms with Gasteiger partial charge in [-0.15, -0.1) is 0 Å². The molecule has 6 rings (SSSR count). The largest absolute Gasteiger partial charge is 0.444 e. The van der Waals surface area contributed by atoms with Crippen LogP contribution in [0.2, 0.25) is 0 Å². The van der Waals surface area contributed by atoms with Crippen molar-refractivity contribution in [1.82, 2.24) is 15.1 Å². The van der Waals surface area contributed by atoms with E-state index in [9.17, 15) is 14.4 Å². The molecule has 4 aliphatic heterocycles. The predicted molar refractivity (Wildman–Crippen MR) is 150 cm³/mol. The van der Waals surface area contributed by atoms with Crippen LogP contribution < -0.4 is 16.0 Å². The van der Waals surface area contributed by atoms with Crippen LogP contribution in [-0.2, 0) is 25.5 Å². The van der Waals surface area contributed by atoms with Gasteiger partial charge < -0.3 is 25.4 Å². The number of hydrogen-bond acceptors (Lipinski definition) is 7. The Kier molecular flexibility index (Phi) is 7.38. The van der Waals surface area contributed by atoms with Crippen molar-refractivity contribution in [3.8, 4) is 0 Å². The first-order chi connectivity index (χ1) is 19.5. The lowest BCUT2D eigenvalue weighted by molar-refractivity contribution is -0.132. The molecule has 6 atom stereocenters. The van der Waals surface area contributed by atoms with E-state index in [2.05, 4.69) is 15.1 Å². The van der Waals surface area contributed by atoms with E-state index >= 15 is 4.39 Å². The summed E-state index contributed by atoms with van der Waals surface area (Å²) in [4.78, 5) is 45.1. The maximum atomic E-state index is 15.4. The normalized spacial score (nSPS) is 30.3. The van der Waals surface area contributed by atoms with Gasteiger partial charge in [-0.05, 0) is 76.0 Å². The number of benzene rings is 1. The molecule has 4 saturated heterocycles. The Morgan fingerprint density at radius 2 is 1.90 bits per heavy atom. The number of fused-ring (bicyclic) bond motifs is 3. The number of nitrogens with two attached hydrogens (primary N) is 1. The van der Waals surface area contributed by atoms with Gasteiger partial charge in [0.25, 0.3) is 0 Å². The number of halogens is 1. The maximum Gasteiger partial charge on any atom is 0.411 e. The standard InChI is InChI=1S/C30H42FN5O5/c1-30(2,3)41-29(39)36-21-7-5-18(10-21)26(36)28(38)33-24(27(32)37)11-17-4-6-20(12-23(17)31)35-9-8-19-13-34(14-25(19)35)22-15-40-16-22/h4,6,12,18-19,21-22,24-26H,5,7-11,13-16H2,1-3H3,(H2,32,37)(H,33,38)/t18?,19?,21?,24-,25?,26-/m0/s1. The van der Waals surface area contributed by atoms with E-state index in [-0.39, 0.29) is 18.4 Å². The first-order valence-electron chi connectivity index (χ1n) is 15.0. The number of anilines is 1. The van der Waals surface area contributed by atoms with Crippen molar-refractivity contribution in [2.45, 2.75) is 88.7 Å². The summed E-state index contributed by atoms with van der Waals surface area (Å²) in [5, 5.41) is 2.74. The minimum atomic E-state index is -1.10. The van der Waals surface area contributed by atoms with Crippen molar-refractivity contribution in [3.63, 3.8) is 0 Å². The molecular weight excluding hydrogens is 529 g/mol. The molecule has 1 aliphatic carbocycles. The number of ether oxygens (including phenoxy) is 2. The Morgan fingerprint density at radius 1 is 1.12 bits per heavy atom. The quantitative estimate of drug-likeness (QED) is 0.514. The third-order valence-electron chi connectivity index (χ3n) is 9.62. The molecule has 41 heavy (non-hydrogen) atoms. The summed E-state index contributed by atoms with van der Waals surface area (Å²) in [6.07, 6.45) is 2.84. The fourth-order valence-corrected chi connectivity index (χ4v) is 7.53. The number of nitrogens with one attached hydrogen (secondary N) is 1. The Labute approximate surface area is 240 Å². The zero-order chi connectivity index (χ0) is 29.1. The van der Waals surface area contributed by atoms with Crippen molar-refractivity contribution in [1.29, 1.82) is 0 Å². The molecule has 1 aromatic carbocycles. The summed E-state index contributed by atoms with van der Waals surface area (Å²) >= 11 is 0. The van der Waals surface area contributed by atoms with Gasteiger partial charge in [0, 0.05) is 43.8 Å². The van der Waals surface area contributed by atoms with Gasteiger partial charge in [-0.25, -0.2) is 9.18 Å². The van der Waals surface area contributed by atoms with Crippen LogP contribution in [0.1, 0.15) is 52.0 Å². The predicted octanol–water partition coefficient (Wildman–Crippen LogP) is 2.04. The van der Waals surface area contributed by atoms with E-state index in [1.165, 1.54) is 11.0 Å². The number of primary amides is 1. The zero-order valence-electron chi connectivity index (χ0n) is 24.2. The van der Waals surface area contributed by atoms with Crippen LogP contribution in [-0.4, -0.2) is 96.4 Å². The van der Waals surface area contributed by atoms with Gasteiger partial charge in [0.2, 0.25) is 11.8 Å². The second-order valence-electron chi connectivity index (χ2n) is 13.5. The molecule has 3 N–H and O–H groups in total. The molecule has 2 bridgehead atoms. The first kappa shape index (κ1) is 28.2. The van der Waals surface area contributed by atoms with Gasteiger partial charge >= 0.3 is 6.09 Å². The molecule has 0 radical (unpaired) electrons. The Hall–Kier alpha value is -2.92. The fourth-order valence-electron chi connectivity index (χ4n) is 7.53. The van der Waals surface area contributed by atoms with E-state index in [0.29, 0.717) is 23.6 Å². The Bertz CT molecular complexity index is 1200. The van der Waals surface area contributed by atoms with Crippen molar-refractivity contribution < 1.29 is 28.2 Å². The maximum absolute atomic E-state index is 15.4. The fraction of sp³-hybridized carbons (Fsp3) is 0.700. The second kappa shape index (κ2) is 10.7. The van der Waals surface area contributed by atoms with Crippen molar-refractivity contribution >= 4 is 23.6 Å². The van der Waals surface area contributed by atoms with E-state index < -0.39 is 41.4 Å². The minimum absolute atomic E-state index is 0.00955. The molecule has 0 spiro atoms. The molecule has 4 heterocycles. The SMILES string of the molecule is CC(C)(C)OC(=O)N1C2CCC(C2)[C@H]1C(=O)N[C@@H](Cc1ccc(N2CCC3CN(C4COC4)CC32)cc1F)C(N)=O. The van der Waals surface area contributed by atoms with Crippen molar-refractivity contribution in [2.24, 2.45) is 17.6 Å². The number of hydrogen-bond donors (Lipinski definition) is 2. The van der Waals surface area contributed by atoms with Gasteiger partial charge in [0.15, 0.2) is 0 Å². The summed E-state index contributed by atoms with van der Waals surface area (Å²) in [6, 6.07) is 4.07. The number of piperidine rings is 1. The number of rotatable bonds is 7. The molecular formula is C30H42FN5O5. The number of amides is 3. The molecule has 5 fully saturated rings. The van der Waals surface area contributed by atoms with Gasteiger partial charge in [-0.3, -0.25) is 19.4 Å². The molecule has 1 aromatic rings. The monoisotopic (exact) mass is 571 g/mol. The van der Waals surface area contributed by atoms with Crippen LogP contribution >= 0.6 is 0 Å². The van der Waals surface area contributed by atoms with Gasteiger partial charge in [-0.1, -0.05) is 6.07 Å². The molecule has 3 amide bonds. The number of nitrogens with zero attached hydrogens (tertiary/aromatic N) is 3. The number of likely N-dealkylation sites (tertiary alicyclic amines) is 2. The molecule has 0 aromatic heterocycles. The number of carbonyl (C=O) groups is 3. The van der Waals surface area contributed by atoms with Crippen LogP contribution in [0, 0.1) is 17.7 Å². The third kappa shape index (κ3) is 5.50. The lowest BCUT2D eigenvalue weighted by Crippen LogP contribution is -2.57. The molecule has 1 saturated carbocycles. The van der Waals surface area contributed by atoms with Gasteiger partial charge in [0.05, 0.1) is 19.3 Å². The average Bonchev–Trinajstić information content (AvgIpc) is 3.63. The first-order valence-corrected chi connectivity index (χ1v) is 15.0. The highest BCUT2D eigenvalue weighted by molar-refractivity contribution is 5.91. The lowest BCUT2D eigenvalue weighted by atomic mass is 9.97. The molecule has 11 heteroatoms. The van der Waals surface area contributed by atoms with Crippen molar-refractivity contribution in [3.05, 3.63) is 29.6 Å². The Balaban J connectivity index is 1.12.